The fourth-order valence-corrected chi connectivity index (χ4v) is 1.54. The van der Waals surface area contributed by atoms with Gasteiger partial charge < -0.3 is 20.0 Å². The lowest BCUT2D eigenvalue weighted by Crippen LogP contribution is -2.00. The largest absolute Gasteiger partial charge is 0.507 e. The quantitative estimate of drug-likeness (QED) is 0.760. The van der Waals surface area contributed by atoms with Crippen molar-refractivity contribution in [3.63, 3.8) is 0 Å². The van der Waals surface area contributed by atoms with Gasteiger partial charge in [0.2, 0.25) is 0 Å². The van der Waals surface area contributed by atoms with Gasteiger partial charge in [0.15, 0.2) is 0 Å². The van der Waals surface area contributed by atoms with E-state index in [2.05, 4.69) is 0 Å². The van der Waals surface area contributed by atoms with Crippen LogP contribution in [0.15, 0.2) is 22.8 Å². The highest BCUT2D eigenvalue weighted by molar-refractivity contribution is 5.87. The van der Waals surface area contributed by atoms with E-state index in [-0.39, 0.29) is 12.3 Å². The molecule has 1 heterocycles. The number of fused-ring (bicyclic) bond motifs is 1. The van der Waals surface area contributed by atoms with Gasteiger partial charge in [-0.25, -0.2) is 0 Å². The van der Waals surface area contributed by atoms with Crippen LogP contribution in [0.1, 0.15) is 5.56 Å². The van der Waals surface area contributed by atoms with E-state index in [1.165, 1.54) is 0 Å². The van der Waals surface area contributed by atoms with E-state index >= 15 is 0 Å². The molecule has 0 bridgehead atoms. The first-order chi connectivity index (χ1) is 6.77. The van der Waals surface area contributed by atoms with Crippen molar-refractivity contribution in [3.8, 4) is 11.5 Å². The Labute approximate surface area is 80.9 Å². The number of rotatable bonds is 2. The van der Waals surface area contributed by atoms with Crippen LogP contribution in [0.2, 0.25) is 0 Å². The zero-order valence-corrected chi connectivity index (χ0v) is 7.78. The molecular weight excluding hydrogens is 182 g/mol. The Kier molecular flexibility index (Phi) is 2.05. The maximum Gasteiger partial charge on any atom is 0.141 e. The Hall–Kier alpha value is -1.68. The Morgan fingerprint density at radius 2 is 2.36 bits per heavy atom. The average molecular weight is 193 g/mol. The molecule has 74 valence electrons. The number of hydrogen-bond donors (Lipinski definition) is 2. The molecule has 0 fully saturated rings. The molecule has 2 rings (SSSR count). The molecule has 4 heteroatoms. The molecule has 3 N–H and O–H groups in total. The van der Waals surface area contributed by atoms with Crippen molar-refractivity contribution in [2.24, 2.45) is 5.73 Å². The Morgan fingerprint density at radius 1 is 1.57 bits per heavy atom. The van der Waals surface area contributed by atoms with E-state index in [4.69, 9.17) is 14.9 Å². The van der Waals surface area contributed by atoms with Gasteiger partial charge in [0.25, 0.3) is 0 Å². The van der Waals surface area contributed by atoms with Crippen LogP contribution in [0.5, 0.6) is 11.5 Å². The summed E-state index contributed by atoms with van der Waals surface area (Å²) >= 11 is 0. The van der Waals surface area contributed by atoms with Gasteiger partial charge >= 0.3 is 0 Å². The van der Waals surface area contributed by atoms with Crippen LogP contribution in [-0.4, -0.2) is 12.2 Å². The minimum atomic E-state index is 0.104. The second-order valence-electron chi connectivity index (χ2n) is 2.94. The summed E-state index contributed by atoms with van der Waals surface area (Å²) in [5, 5.41) is 10.4. The Morgan fingerprint density at radius 3 is 3.00 bits per heavy atom. The summed E-state index contributed by atoms with van der Waals surface area (Å²) in [6.07, 6.45) is 1.55. The van der Waals surface area contributed by atoms with Crippen LogP contribution in [-0.2, 0) is 6.54 Å². The van der Waals surface area contributed by atoms with Crippen LogP contribution >= 0.6 is 0 Å². The monoisotopic (exact) mass is 193 g/mol. The Bertz CT molecular complexity index is 462. The van der Waals surface area contributed by atoms with E-state index in [0.29, 0.717) is 16.9 Å². The highest BCUT2D eigenvalue weighted by atomic mass is 16.5. The molecule has 0 aliphatic rings. The van der Waals surface area contributed by atoms with Gasteiger partial charge in [-0.3, -0.25) is 0 Å². The molecule has 0 amide bonds. The van der Waals surface area contributed by atoms with E-state index in [1.807, 2.05) is 0 Å². The average Bonchev–Trinajstić information content (AvgIpc) is 2.62. The summed E-state index contributed by atoms with van der Waals surface area (Å²) in [5.41, 5.74) is 6.71. The van der Waals surface area contributed by atoms with Crippen molar-refractivity contribution in [1.82, 2.24) is 0 Å². The summed E-state index contributed by atoms with van der Waals surface area (Å²) in [5.74, 6) is 0.683. The number of aromatic hydroxyl groups is 1. The van der Waals surface area contributed by atoms with Crippen LogP contribution < -0.4 is 10.5 Å². The number of benzene rings is 1. The van der Waals surface area contributed by atoms with E-state index in [0.717, 1.165) is 5.39 Å². The van der Waals surface area contributed by atoms with Crippen molar-refractivity contribution >= 4 is 11.0 Å². The first kappa shape index (κ1) is 8.90. The number of methoxy groups -OCH3 is 1. The van der Waals surface area contributed by atoms with Gasteiger partial charge in [-0.05, 0) is 6.07 Å². The van der Waals surface area contributed by atoms with Crippen molar-refractivity contribution in [3.05, 3.63) is 24.0 Å². The molecular formula is C10H11NO3. The molecule has 0 radical (unpaired) electrons. The van der Waals surface area contributed by atoms with Crippen molar-refractivity contribution in [2.75, 3.05) is 7.11 Å². The number of ether oxygens (including phenoxy) is 1. The second-order valence-corrected chi connectivity index (χ2v) is 2.94. The highest BCUT2D eigenvalue weighted by Gasteiger charge is 2.13. The molecule has 0 saturated heterocycles. The standard InChI is InChI=1S/C10H11NO3/c1-13-10-6-2-3-14-9(6)4-8(12)7(10)5-11/h2-4,12H,5,11H2,1H3. The fraction of sp³-hybridized carbons (Fsp3) is 0.200. The van der Waals surface area contributed by atoms with Gasteiger partial charge in [-0.2, -0.15) is 0 Å². The number of furan rings is 1. The molecule has 1 aromatic heterocycles. The lowest BCUT2D eigenvalue weighted by atomic mass is 10.1. The normalized spacial score (nSPS) is 10.7. The third-order valence-corrected chi connectivity index (χ3v) is 2.20. The van der Waals surface area contributed by atoms with Crippen molar-refractivity contribution in [2.45, 2.75) is 6.54 Å². The van der Waals surface area contributed by atoms with E-state index < -0.39 is 0 Å². The Balaban J connectivity index is 2.82. The summed E-state index contributed by atoms with van der Waals surface area (Å²) in [6, 6.07) is 3.33. The predicted molar refractivity (Wildman–Crippen MR) is 52.3 cm³/mol. The van der Waals surface area contributed by atoms with Gasteiger partial charge in [0.05, 0.1) is 24.3 Å². The van der Waals surface area contributed by atoms with E-state index in [1.54, 1.807) is 25.5 Å². The molecule has 2 aromatic rings. The smallest absolute Gasteiger partial charge is 0.141 e. The first-order valence-electron chi connectivity index (χ1n) is 4.24. The lowest BCUT2D eigenvalue weighted by Gasteiger charge is -2.09. The maximum atomic E-state index is 9.62. The van der Waals surface area contributed by atoms with Gasteiger partial charge in [0, 0.05) is 12.6 Å². The minimum Gasteiger partial charge on any atom is -0.507 e. The van der Waals surface area contributed by atoms with Crippen LogP contribution in [0.4, 0.5) is 0 Å². The van der Waals surface area contributed by atoms with Gasteiger partial charge in [0.1, 0.15) is 17.1 Å². The third-order valence-electron chi connectivity index (χ3n) is 2.20. The lowest BCUT2D eigenvalue weighted by molar-refractivity contribution is 0.404. The zero-order chi connectivity index (χ0) is 10.1. The summed E-state index contributed by atoms with van der Waals surface area (Å²) < 4.78 is 10.3. The van der Waals surface area contributed by atoms with Crippen molar-refractivity contribution < 1.29 is 14.3 Å². The topological polar surface area (TPSA) is 68.6 Å². The SMILES string of the molecule is COc1c(CN)c(O)cc2occc12. The maximum absolute atomic E-state index is 9.62. The molecule has 1 aromatic carbocycles. The van der Waals surface area contributed by atoms with Crippen LogP contribution in [0, 0.1) is 0 Å². The number of phenols is 1. The molecule has 0 aliphatic heterocycles. The molecule has 0 spiro atoms. The van der Waals surface area contributed by atoms with Crippen LogP contribution in [0.25, 0.3) is 11.0 Å². The molecule has 0 saturated carbocycles. The van der Waals surface area contributed by atoms with Crippen molar-refractivity contribution in [1.29, 1.82) is 0 Å². The number of phenolic OH excluding ortho intramolecular Hbond substituents is 1. The first-order valence-corrected chi connectivity index (χ1v) is 4.24. The number of hydrogen-bond acceptors (Lipinski definition) is 4. The highest BCUT2D eigenvalue weighted by Crippen LogP contribution is 2.36. The molecule has 0 unspecified atom stereocenters. The molecule has 4 nitrogen and oxygen atoms in total. The zero-order valence-electron chi connectivity index (χ0n) is 7.78. The van der Waals surface area contributed by atoms with Gasteiger partial charge in [-0.1, -0.05) is 0 Å². The molecule has 0 atom stereocenters. The third kappa shape index (κ3) is 1.12. The number of nitrogens with two attached hydrogens (primary N) is 1. The van der Waals surface area contributed by atoms with Gasteiger partial charge in [-0.15, -0.1) is 0 Å². The van der Waals surface area contributed by atoms with E-state index in [9.17, 15) is 5.11 Å². The summed E-state index contributed by atoms with van der Waals surface area (Å²) in [4.78, 5) is 0. The van der Waals surface area contributed by atoms with Crippen LogP contribution in [0.3, 0.4) is 0 Å². The predicted octanol–water partition coefficient (Wildman–Crippen LogP) is 1.61. The summed E-state index contributed by atoms with van der Waals surface area (Å²) in [7, 11) is 1.54. The molecule has 0 aliphatic carbocycles. The second kappa shape index (κ2) is 3.23. The minimum absolute atomic E-state index is 0.104. The summed E-state index contributed by atoms with van der Waals surface area (Å²) in [6.45, 7) is 0.232. The molecule has 14 heavy (non-hydrogen) atoms. The fourth-order valence-electron chi connectivity index (χ4n) is 1.54.